The van der Waals surface area contributed by atoms with Crippen LogP contribution in [0.25, 0.3) is 5.69 Å². The SMILES string of the molecule is Cc1[nH]n(-c2cc(S(=O)(=O)O)ccc2Cl)c(=O)c1N=Nc1cc([N+](=O)[O-])ccc1O. The molecule has 0 radical (unpaired) electrons. The molecule has 156 valence electrons. The maximum absolute atomic E-state index is 12.7. The molecule has 0 aliphatic rings. The second-order valence-electron chi connectivity index (χ2n) is 5.94. The first-order chi connectivity index (χ1) is 14.0. The van der Waals surface area contributed by atoms with Crippen molar-refractivity contribution >= 4 is 38.8 Å². The van der Waals surface area contributed by atoms with Crippen LogP contribution in [0.15, 0.2) is 56.3 Å². The molecule has 30 heavy (non-hydrogen) atoms. The first-order valence-electron chi connectivity index (χ1n) is 7.97. The Bertz CT molecular complexity index is 1360. The second kappa shape index (κ2) is 7.70. The Kier molecular flexibility index (Phi) is 5.43. The number of azo groups is 1. The van der Waals surface area contributed by atoms with E-state index in [9.17, 15) is 33.0 Å². The summed E-state index contributed by atoms with van der Waals surface area (Å²) in [5.74, 6) is -0.387. The number of nitrogens with zero attached hydrogens (tertiary/aromatic N) is 4. The van der Waals surface area contributed by atoms with Gasteiger partial charge < -0.3 is 5.11 Å². The van der Waals surface area contributed by atoms with Gasteiger partial charge in [0.25, 0.3) is 21.4 Å². The summed E-state index contributed by atoms with van der Waals surface area (Å²) in [7, 11) is -4.54. The zero-order valence-electron chi connectivity index (χ0n) is 15.0. The maximum Gasteiger partial charge on any atom is 0.299 e. The van der Waals surface area contributed by atoms with E-state index < -0.39 is 25.5 Å². The van der Waals surface area contributed by atoms with Gasteiger partial charge >= 0.3 is 0 Å². The lowest BCUT2D eigenvalue weighted by atomic mass is 10.2. The minimum Gasteiger partial charge on any atom is -0.506 e. The van der Waals surface area contributed by atoms with E-state index >= 15 is 0 Å². The number of nitro benzene ring substituents is 1. The largest absolute Gasteiger partial charge is 0.506 e. The third-order valence-corrected chi connectivity index (χ3v) is 5.09. The lowest BCUT2D eigenvalue weighted by Crippen LogP contribution is -2.15. The fraction of sp³-hybridized carbons (Fsp3) is 0.0625. The molecule has 0 fully saturated rings. The van der Waals surface area contributed by atoms with E-state index in [-0.39, 0.29) is 39.2 Å². The summed E-state index contributed by atoms with van der Waals surface area (Å²) < 4.78 is 32.8. The first kappa shape index (κ1) is 21.2. The molecule has 1 aromatic heterocycles. The molecular weight excluding hydrogens is 442 g/mol. The molecule has 0 unspecified atom stereocenters. The molecule has 0 spiro atoms. The van der Waals surface area contributed by atoms with Crippen molar-refractivity contribution in [3.63, 3.8) is 0 Å². The van der Waals surface area contributed by atoms with Crippen molar-refractivity contribution < 1.29 is 23.0 Å². The number of hydrogen-bond acceptors (Lipinski definition) is 8. The van der Waals surface area contributed by atoms with Crippen LogP contribution in [0.1, 0.15) is 5.69 Å². The van der Waals surface area contributed by atoms with Crippen LogP contribution >= 0.6 is 11.6 Å². The highest BCUT2D eigenvalue weighted by atomic mass is 35.5. The Labute approximate surface area is 173 Å². The fourth-order valence-corrected chi connectivity index (χ4v) is 3.16. The summed E-state index contributed by atoms with van der Waals surface area (Å²) in [6, 6.07) is 6.36. The quantitative estimate of drug-likeness (QED) is 0.229. The van der Waals surface area contributed by atoms with Gasteiger partial charge in [0.15, 0.2) is 5.69 Å². The van der Waals surface area contributed by atoms with Gasteiger partial charge in [-0.3, -0.25) is 24.6 Å². The van der Waals surface area contributed by atoms with Crippen molar-refractivity contribution in [1.29, 1.82) is 0 Å². The third-order valence-electron chi connectivity index (χ3n) is 3.92. The van der Waals surface area contributed by atoms with Gasteiger partial charge in [0, 0.05) is 12.1 Å². The van der Waals surface area contributed by atoms with Crippen LogP contribution in [-0.2, 0) is 10.1 Å². The summed E-state index contributed by atoms with van der Waals surface area (Å²) >= 11 is 6.05. The average molecular weight is 454 g/mol. The number of nitro groups is 1. The molecule has 3 aromatic rings. The predicted molar refractivity (Wildman–Crippen MR) is 105 cm³/mol. The van der Waals surface area contributed by atoms with Crippen LogP contribution in [0.5, 0.6) is 5.75 Å². The molecule has 3 rings (SSSR count). The number of hydrogen-bond donors (Lipinski definition) is 3. The molecule has 12 nitrogen and oxygen atoms in total. The minimum atomic E-state index is -4.54. The van der Waals surface area contributed by atoms with Crippen molar-refractivity contribution in [1.82, 2.24) is 9.78 Å². The van der Waals surface area contributed by atoms with Gasteiger partial charge in [0.1, 0.15) is 11.4 Å². The summed E-state index contributed by atoms with van der Waals surface area (Å²) in [5.41, 5.74) is -1.41. The molecule has 1 heterocycles. The number of aryl methyl sites for hydroxylation is 1. The van der Waals surface area contributed by atoms with Gasteiger partial charge in [-0.15, -0.1) is 10.2 Å². The Hall–Kier alpha value is -3.55. The fourth-order valence-electron chi connectivity index (χ4n) is 2.46. The molecule has 2 aromatic carbocycles. The average Bonchev–Trinajstić information content (AvgIpc) is 2.94. The number of phenolic OH excluding ortho intramolecular Hbond substituents is 1. The van der Waals surface area contributed by atoms with Gasteiger partial charge in [0.05, 0.1) is 26.2 Å². The smallest absolute Gasteiger partial charge is 0.299 e. The van der Waals surface area contributed by atoms with Crippen molar-refractivity contribution in [2.24, 2.45) is 10.2 Å². The monoisotopic (exact) mass is 453 g/mol. The lowest BCUT2D eigenvalue weighted by molar-refractivity contribution is -0.384. The van der Waals surface area contributed by atoms with Gasteiger partial charge in [-0.25, -0.2) is 4.68 Å². The first-order valence-corrected chi connectivity index (χ1v) is 9.79. The van der Waals surface area contributed by atoms with Crippen molar-refractivity contribution in [3.05, 3.63) is 67.6 Å². The van der Waals surface area contributed by atoms with Crippen LogP contribution in [0.2, 0.25) is 5.02 Å². The maximum atomic E-state index is 12.7. The van der Waals surface area contributed by atoms with Gasteiger partial charge in [0.2, 0.25) is 0 Å². The molecule has 0 amide bonds. The standard InChI is InChI=1S/C16H12ClN5O7S/c1-8-15(19-18-12-6-9(22(25)26)2-5-14(12)23)16(24)21(20-8)13-7-10(30(27,28)29)3-4-11(13)17/h2-7,20,23H,1H3,(H,27,28,29). The molecule has 3 N–H and O–H groups in total. The number of phenols is 1. The number of aromatic hydroxyl groups is 1. The number of benzene rings is 2. The van der Waals surface area contributed by atoms with Crippen LogP contribution in [0.4, 0.5) is 17.1 Å². The highest BCUT2D eigenvalue weighted by Gasteiger charge is 2.18. The van der Waals surface area contributed by atoms with Gasteiger partial charge in [-0.05, 0) is 31.2 Å². The second-order valence-corrected chi connectivity index (χ2v) is 7.77. The minimum absolute atomic E-state index is 0.00515. The molecule has 14 heteroatoms. The van der Waals surface area contributed by atoms with Crippen LogP contribution in [0, 0.1) is 17.0 Å². The molecule has 0 aliphatic heterocycles. The lowest BCUT2D eigenvalue weighted by Gasteiger charge is -2.06. The zero-order valence-corrected chi connectivity index (χ0v) is 16.5. The number of halogens is 1. The Morgan fingerprint density at radius 1 is 1.20 bits per heavy atom. The summed E-state index contributed by atoms with van der Waals surface area (Å²) in [6.45, 7) is 1.47. The Morgan fingerprint density at radius 3 is 2.53 bits per heavy atom. The van der Waals surface area contributed by atoms with Crippen LogP contribution < -0.4 is 5.56 Å². The number of aromatic nitrogens is 2. The molecule has 0 atom stereocenters. The van der Waals surface area contributed by atoms with Crippen molar-refractivity contribution in [2.75, 3.05) is 0 Å². The van der Waals surface area contributed by atoms with Gasteiger partial charge in [-0.2, -0.15) is 8.42 Å². The van der Waals surface area contributed by atoms with Crippen molar-refractivity contribution in [2.45, 2.75) is 11.8 Å². The summed E-state index contributed by atoms with van der Waals surface area (Å²) in [5, 5.41) is 30.8. The van der Waals surface area contributed by atoms with Crippen molar-refractivity contribution in [3.8, 4) is 11.4 Å². The highest BCUT2D eigenvalue weighted by molar-refractivity contribution is 7.85. The van der Waals surface area contributed by atoms with E-state index in [0.717, 1.165) is 35.0 Å². The molecule has 0 bridgehead atoms. The molecule has 0 saturated heterocycles. The number of non-ortho nitro benzene ring substituents is 1. The normalized spacial score (nSPS) is 11.8. The Morgan fingerprint density at radius 2 is 1.90 bits per heavy atom. The molecule has 0 aliphatic carbocycles. The number of aromatic amines is 1. The third kappa shape index (κ3) is 4.07. The van der Waals surface area contributed by atoms with E-state index in [1.165, 1.54) is 13.0 Å². The van der Waals surface area contributed by atoms with Crippen LogP contribution in [0.3, 0.4) is 0 Å². The molecule has 0 saturated carbocycles. The van der Waals surface area contributed by atoms with E-state index in [1.807, 2.05) is 0 Å². The van der Waals surface area contributed by atoms with Gasteiger partial charge in [-0.1, -0.05) is 11.6 Å². The number of rotatable bonds is 5. The number of nitrogens with one attached hydrogen (secondary N) is 1. The highest BCUT2D eigenvalue weighted by Crippen LogP contribution is 2.32. The van der Waals surface area contributed by atoms with E-state index in [4.69, 9.17) is 11.6 Å². The van der Waals surface area contributed by atoms with E-state index in [2.05, 4.69) is 15.3 Å². The topological polar surface area (TPSA) is 180 Å². The Balaban J connectivity index is 2.09. The zero-order chi connectivity index (χ0) is 22.2. The predicted octanol–water partition coefficient (Wildman–Crippen LogP) is 3.40. The van der Waals surface area contributed by atoms with E-state index in [1.54, 1.807) is 0 Å². The summed E-state index contributed by atoms with van der Waals surface area (Å²) in [6.07, 6.45) is 0. The summed E-state index contributed by atoms with van der Waals surface area (Å²) in [4.78, 5) is 22.4. The molecular formula is C16H12ClN5O7S. The van der Waals surface area contributed by atoms with E-state index in [0.29, 0.717) is 0 Å². The van der Waals surface area contributed by atoms with Crippen LogP contribution in [-0.4, -0.2) is 32.8 Å². The number of H-pyrrole nitrogens is 1.